The maximum Gasteiger partial charge on any atom is 0.0926 e. The molecule has 2 aliphatic heterocycles. The zero-order valence-electron chi connectivity index (χ0n) is 11.0. The summed E-state index contributed by atoms with van der Waals surface area (Å²) in [7, 11) is 0. The van der Waals surface area contributed by atoms with Crippen molar-refractivity contribution in [1.29, 1.82) is 0 Å². The van der Waals surface area contributed by atoms with Crippen molar-refractivity contribution in [2.75, 3.05) is 0 Å². The van der Waals surface area contributed by atoms with Crippen LogP contribution in [0.5, 0.6) is 0 Å². The van der Waals surface area contributed by atoms with Crippen LogP contribution in [-0.4, -0.2) is 11.2 Å². The summed E-state index contributed by atoms with van der Waals surface area (Å²) in [6.07, 6.45) is 9.91. The molecule has 0 aromatic rings. The Balaban J connectivity index is 2.09. The van der Waals surface area contributed by atoms with E-state index in [0.29, 0.717) is 5.41 Å². The molecule has 1 spiro atoms. The van der Waals surface area contributed by atoms with Crippen molar-refractivity contribution in [2.45, 2.75) is 64.6 Å². The van der Waals surface area contributed by atoms with Crippen molar-refractivity contribution < 1.29 is 4.74 Å². The van der Waals surface area contributed by atoms with Crippen LogP contribution in [0, 0.1) is 17.3 Å². The van der Waals surface area contributed by atoms with Crippen LogP contribution in [-0.2, 0) is 4.74 Å². The summed E-state index contributed by atoms with van der Waals surface area (Å²) in [6.45, 7) is 9.43. The van der Waals surface area contributed by atoms with Crippen LogP contribution >= 0.6 is 0 Å². The largest absolute Gasteiger partial charge is 0.364 e. The molecule has 1 saturated carbocycles. The van der Waals surface area contributed by atoms with E-state index in [4.69, 9.17) is 4.74 Å². The first kappa shape index (κ1) is 10.8. The fourth-order valence-corrected chi connectivity index (χ4v) is 4.42. The molecule has 2 saturated heterocycles. The van der Waals surface area contributed by atoms with Gasteiger partial charge in [-0.2, -0.15) is 0 Å². The minimum Gasteiger partial charge on any atom is -0.364 e. The van der Waals surface area contributed by atoms with Crippen molar-refractivity contribution in [3.63, 3.8) is 0 Å². The van der Waals surface area contributed by atoms with Gasteiger partial charge in [-0.1, -0.05) is 26.0 Å². The molecule has 2 bridgehead atoms. The molecule has 0 N–H and O–H groups in total. The summed E-state index contributed by atoms with van der Waals surface area (Å²) in [6, 6.07) is 0. The Bertz CT molecular complexity index is 343. The average molecular weight is 220 g/mol. The predicted molar refractivity (Wildman–Crippen MR) is 66.3 cm³/mol. The fraction of sp³-hybridized carbons (Fsp3) is 0.867. The third kappa shape index (κ3) is 1.11. The molecule has 1 unspecified atom stereocenters. The van der Waals surface area contributed by atoms with Crippen LogP contribution in [0.1, 0.15) is 53.4 Å². The van der Waals surface area contributed by atoms with Crippen LogP contribution in [0.4, 0.5) is 0 Å². The molecule has 4 atom stereocenters. The SMILES string of the molecule is C[C@@H]1CC=C[C@]23CCC(C[C@@]12C)C(C)(C)O3. The van der Waals surface area contributed by atoms with E-state index >= 15 is 0 Å². The number of allylic oxidation sites excluding steroid dienone is 1. The molecule has 1 heteroatoms. The molecule has 3 fully saturated rings. The van der Waals surface area contributed by atoms with Gasteiger partial charge in [-0.3, -0.25) is 0 Å². The second-order valence-corrected chi connectivity index (χ2v) is 6.99. The molecule has 0 aromatic heterocycles. The minimum atomic E-state index is 0.0446. The monoisotopic (exact) mass is 220 g/mol. The third-order valence-corrected chi connectivity index (χ3v) is 5.89. The van der Waals surface area contributed by atoms with Crippen LogP contribution < -0.4 is 0 Å². The van der Waals surface area contributed by atoms with E-state index < -0.39 is 0 Å². The lowest BCUT2D eigenvalue weighted by molar-refractivity contribution is -0.287. The van der Waals surface area contributed by atoms with Crippen molar-refractivity contribution in [3.8, 4) is 0 Å². The van der Waals surface area contributed by atoms with Crippen molar-refractivity contribution in [3.05, 3.63) is 12.2 Å². The molecule has 2 heterocycles. The van der Waals surface area contributed by atoms with E-state index in [1.165, 1.54) is 25.7 Å². The number of hydrogen-bond donors (Lipinski definition) is 0. The highest BCUT2D eigenvalue weighted by molar-refractivity contribution is 5.23. The summed E-state index contributed by atoms with van der Waals surface area (Å²) in [5.74, 6) is 1.52. The standard InChI is InChI=1S/C15H24O/c1-11-6-5-8-15-9-7-12(10-14(11,15)4)13(2,3)16-15/h5,8,11-12H,6-7,9-10H2,1-4H3/t11-,12?,14+,15+/m1/s1. The molecule has 90 valence electrons. The van der Waals surface area contributed by atoms with Crippen molar-refractivity contribution in [2.24, 2.45) is 17.3 Å². The van der Waals surface area contributed by atoms with Crippen LogP contribution in [0.3, 0.4) is 0 Å². The Morgan fingerprint density at radius 1 is 1.25 bits per heavy atom. The summed E-state index contributed by atoms with van der Waals surface area (Å²) in [5.41, 5.74) is 0.502. The maximum absolute atomic E-state index is 6.55. The molecule has 1 nitrogen and oxygen atoms in total. The zero-order valence-corrected chi connectivity index (χ0v) is 11.0. The highest BCUT2D eigenvalue weighted by atomic mass is 16.5. The first-order chi connectivity index (χ1) is 7.40. The Labute approximate surface area is 99.3 Å². The van der Waals surface area contributed by atoms with E-state index in [2.05, 4.69) is 39.8 Å². The summed E-state index contributed by atoms with van der Waals surface area (Å²) >= 11 is 0. The van der Waals surface area contributed by atoms with Crippen LogP contribution in [0.15, 0.2) is 12.2 Å². The lowest BCUT2D eigenvalue weighted by Crippen LogP contribution is -2.66. The normalized spacial score (nSPS) is 53.8. The van der Waals surface area contributed by atoms with E-state index in [0.717, 1.165) is 11.8 Å². The van der Waals surface area contributed by atoms with Crippen LogP contribution in [0.25, 0.3) is 0 Å². The van der Waals surface area contributed by atoms with Gasteiger partial charge in [-0.05, 0) is 51.4 Å². The maximum atomic E-state index is 6.55. The third-order valence-electron chi connectivity index (χ3n) is 5.89. The van der Waals surface area contributed by atoms with Gasteiger partial charge in [-0.15, -0.1) is 0 Å². The number of rotatable bonds is 0. The quantitative estimate of drug-likeness (QED) is 0.562. The smallest absolute Gasteiger partial charge is 0.0926 e. The van der Waals surface area contributed by atoms with Gasteiger partial charge in [0.25, 0.3) is 0 Å². The number of hydrogen-bond acceptors (Lipinski definition) is 1. The van der Waals surface area contributed by atoms with Gasteiger partial charge < -0.3 is 4.74 Å². The Morgan fingerprint density at radius 2 is 2.00 bits per heavy atom. The lowest BCUT2D eigenvalue weighted by Gasteiger charge is -2.66. The van der Waals surface area contributed by atoms with E-state index in [1.807, 2.05) is 0 Å². The molecule has 4 rings (SSSR count). The molecule has 16 heavy (non-hydrogen) atoms. The van der Waals surface area contributed by atoms with Crippen molar-refractivity contribution in [1.82, 2.24) is 0 Å². The molecule has 4 aliphatic rings. The van der Waals surface area contributed by atoms with Gasteiger partial charge in [0, 0.05) is 5.41 Å². The summed E-state index contributed by atoms with van der Waals surface area (Å²) in [5, 5.41) is 0. The Hall–Kier alpha value is -0.300. The van der Waals surface area contributed by atoms with Gasteiger partial charge in [0.05, 0.1) is 11.2 Å². The molecule has 0 amide bonds. The van der Waals surface area contributed by atoms with Crippen LogP contribution in [0.2, 0.25) is 0 Å². The topological polar surface area (TPSA) is 9.23 Å². The summed E-state index contributed by atoms with van der Waals surface area (Å²) < 4.78 is 6.55. The predicted octanol–water partition coefficient (Wildman–Crippen LogP) is 3.94. The highest BCUT2D eigenvalue weighted by Gasteiger charge is 2.63. The average Bonchev–Trinajstić information content (AvgIpc) is 2.18. The van der Waals surface area contributed by atoms with Gasteiger partial charge in [0.2, 0.25) is 0 Å². The van der Waals surface area contributed by atoms with Gasteiger partial charge >= 0.3 is 0 Å². The second kappa shape index (κ2) is 2.93. The Morgan fingerprint density at radius 3 is 2.69 bits per heavy atom. The second-order valence-electron chi connectivity index (χ2n) is 6.99. The molecule has 0 aromatic carbocycles. The van der Waals surface area contributed by atoms with Gasteiger partial charge in [0.1, 0.15) is 0 Å². The minimum absolute atomic E-state index is 0.0446. The fourth-order valence-electron chi connectivity index (χ4n) is 4.42. The van der Waals surface area contributed by atoms with E-state index in [-0.39, 0.29) is 11.2 Å². The number of ether oxygens (including phenoxy) is 1. The molecular weight excluding hydrogens is 196 g/mol. The summed E-state index contributed by atoms with van der Waals surface area (Å²) in [4.78, 5) is 0. The lowest BCUT2D eigenvalue weighted by atomic mass is 9.49. The highest BCUT2D eigenvalue weighted by Crippen LogP contribution is 2.63. The number of fused-ring (bicyclic) bond motifs is 2. The van der Waals surface area contributed by atoms with Gasteiger partial charge in [0.15, 0.2) is 0 Å². The first-order valence-electron chi connectivity index (χ1n) is 6.78. The molecular formula is C15H24O. The first-order valence-corrected chi connectivity index (χ1v) is 6.78. The zero-order chi connectivity index (χ0) is 11.6. The molecule has 2 aliphatic carbocycles. The van der Waals surface area contributed by atoms with Crippen molar-refractivity contribution >= 4 is 0 Å². The van der Waals surface area contributed by atoms with Gasteiger partial charge in [-0.25, -0.2) is 0 Å². The van der Waals surface area contributed by atoms with E-state index in [9.17, 15) is 0 Å². The Kier molecular flexibility index (Phi) is 1.98. The van der Waals surface area contributed by atoms with E-state index in [1.54, 1.807) is 0 Å². The molecule has 0 radical (unpaired) electrons.